The van der Waals surface area contributed by atoms with E-state index in [1.807, 2.05) is 24.3 Å². The Morgan fingerprint density at radius 3 is 2.62 bits per heavy atom. The van der Waals surface area contributed by atoms with Gasteiger partial charge in [-0.1, -0.05) is 18.2 Å². The summed E-state index contributed by atoms with van der Waals surface area (Å²) >= 11 is 1.75. The first kappa shape index (κ1) is 14.1. The van der Waals surface area contributed by atoms with Crippen LogP contribution in [0.1, 0.15) is 28.4 Å². The average molecular weight is 305 g/mol. The summed E-state index contributed by atoms with van der Waals surface area (Å²) in [4.78, 5) is 13.3. The molecule has 0 fully saturated rings. The molecule has 1 atom stereocenters. The van der Waals surface area contributed by atoms with Gasteiger partial charge in [-0.3, -0.25) is 4.79 Å². The third-order valence-electron chi connectivity index (χ3n) is 3.39. The number of halogens is 2. The maximum absolute atomic E-state index is 13.2. The number of hydrogen-bond acceptors (Lipinski definition) is 2. The Hall–Kier alpha value is -1.88. The Labute approximate surface area is 125 Å². The van der Waals surface area contributed by atoms with Crippen LogP contribution in [0.2, 0.25) is 0 Å². The van der Waals surface area contributed by atoms with E-state index in [0.29, 0.717) is 0 Å². The molecule has 0 bridgehead atoms. The molecular formula is C16H13F2NOS. The molecule has 1 amide bonds. The van der Waals surface area contributed by atoms with Gasteiger partial charge in [0, 0.05) is 22.3 Å². The van der Waals surface area contributed by atoms with Gasteiger partial charge in [-0.15, -0.1) is 11.8 Å². The first-order valence-corrected chi connectivity index (χ1v) is 7.61. The van der Waals surface area contributed by atoms with E-state index in [1.54, 1.807) is 11.8 Å². The van der Waals surface area contributed by atoms with Gasteiger partial charge in [-0.25, -0.2) is 8.78 Å². The molecule has 1 heterocycles. The number of fused-ring (bicyclic) bond motifs is 1. The molecule has 0 aromatic heterocycles. The van der Waals surface area contributed by atoms with E-state index in [1.165, 1.54) is 0 Å². The van der Waals surface area contributed by atoms with Gasteiger partial charge < -0.3 is 5.32 Å². The molecule has 1 N–H and O–H groups in total. The standard InChI is InChI=1S/C16H13F2NOS/c17-11-7-10(8-12(18)9-11)16(20)19-14-5-6-21-15-4-2-1-3-13(14)15/h1-4,7-9,14H,5-6H2,(H,19,20). The predicted molar refractivity (Wildman–Crippen MR) is 78.3 cm³/mol. The van der Waals surface area contributed by atoms with Gasteiger partial charge in [-0.2, -0.15) is 0 Å². The maximum atomic E-state index is 13.2. The third kappa shape index (κ3) is 3.08. The Kier molecular flexibility index (Phi) is 3.92. The van der Waals surface area contributed by atoms with E-state index in [-0.39, 0.29) is 11.6 Å². The fourth-order valence-electron chi connectivity index (χ4n) is 2.42. The summed E-state index contributed by atoms with van der Waals surface area (Å²) in [6.45, 7) is 0. The minimum absolute atomic E-state index is 0.00297. The van der Waals surface area contributed by atoms with Crippen molar-refractivity contribution in [3.63, 3.8) is 0 Å². The molecule has 1 aliphatic rings. The summed E-state index contributed by atoms with van der Waals surface area (Å²) in [6, 6.07) is 10.6. The molecule has 2 aromatic carbocycles. The Morgan fingerprint density at radius 1 is 1.14 bits per heavy atom. The van der Waals surface area contributed by atoms with Crippen molar-refractivity contribution in [2.45, 2.75) is 17.4 Å². The first-order valence-electron chi connectivity index (χ1n) is 6.62. The summed E-state index contributed by atoms with van der Waals surface area (Å²) in [7, 11) is 0. The third-order valence-corrected chi connectivity index (χ3v) is 4.51. The van der Waals surface area contributed by atoms with Crippen LogP contribution in [0.5, 0.6) is 0 Å². The molecule has 0 radical (unpaired) electrons. The molecule has 0 spiro atoms. The van der Waals surface area contributed by atoms with Crippen LogP contribution in [-0.2, 0) is 0 Å². The lowest BCUT2D eigenvalue weighted by molar-refractivity contribution is 0.0934. The fourth-order valence-corrected chi connectivity index (χ4v) is 3.54. The second-order valence-electron chi connectivity index (χ2n) is 4.86. The van der Waals surface area contributed by atoms with Crippen molar-refractivity contribution in [1.82, 2.24) is 5.32 Å². The van der Waals surface area contributed by atoms with Gasteiger partial charge in [0.05, 0.1) is 6.04 Å². The monoisotopic (exact) mass is 305 g/mol. The molecule has 2 nitrogen and oxygen atoms in total. The van der Waals surface area contributed by atoms with Gasteiger partial charge in [0.15, 0.2) is 0 Å². The van der Waals surface area contributed by atoms with Crippen molar-refractivity contribution in [3.05, 3.63) is 65.2 Å². The zero-order chi connectivity index (χ0) is 14.8. The Balaban J connectivity index is 1.82. The minimum Gasteiger partial charge on any atom is -0.345 e. The summed E-state index contributed by atoms with van der Waals surface area (Å²) in [5.41, 5.74) is 1.06. The van der Waals surface area contributed by atoms with Crippen molar-refractivity contribution < 1.29 is 13.6 Å². The van der Waals surface area contributed by atoms with Gasteiger partial charge in [-0.05, 0) is 30.2 Å². The number of benzene rings is 2. The largest absolute Gasteiger partial charge is 0.345 e. The lowest BCUT2D eigenvalue weighted by atomic mass is 10.0. The van der Waals surface area contributed by atoms with E-state index in [9.17, 15) is 13.6 Å². The van der Waals surface area contributed by atoms with E-state index >= 15 is 0 Å². The quantitative estimate of drug-likeness (QED) is 0.911. The fraction of sp³-hybridized carbons (Fsp3) is 0.188. The maximum Gasteiger partial charge on any atom is 0.251 e. The van der Waals surface area contributed by atoms with Crippen molar-refractivity contribution in [2.75, 3.05) is 5.75 Å². The highest BCUT2D eigenvalue weighted by Crippen LogP contribution is 2.35. The summed E-state index contributed by atoms with van der Waals surface area (Å²) < 4.78 is 26.4. The summed E-state index contributed by atoms with van der Waals surface area (Å²) in [6.07, 6.45) is 0.797. The van der Waals surface area contributed by atoms with Gasteiger partial charge in [0.2, 0.25) is 0 Å². The number of thioether (sulfide) groups is 1. The molecular weight excluding hydrogens is 292 g/mol. The van der Waals surface area contributed by atoms with Gasteiger partial charge >= 0.3 is 0 Å². The molecule has 21 heavy (non-hydrogen) atoms. The lowest BCUT2D eigenvalue weighted by Gasteiger charge is -2.25. The van der Waals surface area contributed by atoms with E-state index in [2.05, 4.69) is 5.32 Å². The molecule has 0 aliphatic carbocycles. The molecule has 0 saturated heterocycles. The lowest BCUT2D eigenvalue weighted by Crippen LogP contribution is -2.30. The van der Waals surface area contributed by atoms with Crippen LogP contribution in [0.4, 0.5) is 8.78 Å². The Morgan fingerprint density at radius 2 is 1.86 bits per heavy atom. The van der Waals surface area contributed by atoms with E-state index in [0.717, 1.165) is 40.8 Å². The van der Waals surface area contributed by atoms with Crippen molar-refractivity contribution >= 4 is 17.7 Å². The number of rotatable bonds is 2. The Bertz CT molecular complexity index is 669. The highest BCUT2D eigenvalue weighted by atomic mass is 32.2. The second-order valence-corrected chi connectivity index (χ2v) is 6.00. The van der Waals surface area contributed by atoms with Crippen LogP contribution < -0.4 is 5.32 Å². The zero-order valence-corrected chi connectivity index (χ0v) is 11.9. The number of hydrogen-bond donors (Lipinski definition) is 1. The molecule has 2 aromatic rings. The molecule has 5 heteroatoms. The van der Waals surface area contributed by atoms with Crippen LogP contribution in [-0.4, -0.2) is 11.7 Å². The SMILES string of the molecule is O=C(NC1CCSc2ccccc21)c1cc(F)cc(F)c1. The number of nitrogens with one attached hydrogen (secondary N) is 1. The average Bonchev–Trinajstić information content (AvgIpc) is 2.46. The van der Waals surface area contributed by atoms with Crippen molar-refractivity contribution in [3.8, 4) is 0 Å². The van der Waals surface area contributed by atoms with Crippen LogP contribution in [0, 0.1) is 11.6 Å². The van der Waals surface area contributed by atoms with Gasteiger partial charge in [0.1, 0.15) is 11.6 Å². The number of carbonyl (C=O) groups is 1. The second kappa shape index (κ2) is 5.85. The first-order chi connectivity index (χ1) is 10.1. The smallest absolute Gasteiger partial charge is 0.251 e. The normalized spacial score (nSPS) is 17.1. The van der Waals surface area contributed by atoms with Crippen LogP contribution in [0.15, 0.2) is 47.4 Å². The molecule has 3 rings (SSSR count). The highest BCUT2D eigenvalue weighted by Gasteiger charge is 2.22. The summed E-state index contributed by atoms with van der Waals surface area (Å²) in [5, 5.41) is 2.86. The molecule has 0 saturated carbocycles. The number of amides is 1. The molecule has 1 aliphatic heterocycles. The van der Waals surface area contributed by atoms with Crippen LogP contribution in [0.3, 0.4) is 0 Å². The van der Waals surface area contributed by atoms with Crippen LogP contribution in [0.25, 0.3) is 0 Å². The topological polar surface area (TPSA) is 29.1 Å². The highest BCUT2D eigenvalue weighted by molar-refractivity contribution is 7.99. The molecule has 108 valence electrons. The van der Waals surface area contributed by atoms with E-state index < -0.39 is 17.5 Å². The predicted octanol–water partition coefficient (Wildman–Crippen LogP) is 3.93. The zero-order valence-electron chi connectivity index (χ0n) is 11.1. The van der Waals surface area contributed by atoms with E-state index in [4.69, 9.17) is 0 Å². The minimum atomic E-state index is -0.750. The van der Waals surface area contributed by atoms with Gasteiger partial charge in [0.25, 0.3) is 5.91 Å². The van der Waals surface area contributed by atoms with Crippen LogP contribution >= 0.6 is 11.8 Å². The van der Waals surface area contributed by atoms with Crippen molar-refractivity contribution in [2.24, 2.45) is 0 Å². The summed E-state index contributed by atoms with van der Waals surface area (Å²) in [5.74, 6) is -1.06. The molecule has 1 unspecified atom stereocenters. The van der Waals surface area contributed by atoms with Crippen molar-refractivity contribution in [1.29, 1.82) is 0 Å². The number of carbonyl (C=O) groups excluding carboxylic acids is 1.